The minimum absolute atomic E-state index is 0.315. The largest absolute Gasteiger partial charge is 0.309 e. The summed E-state index contributed by atoms with van der Waals surface area (Å²) < 4.78 is 2.02. The summed E-state index contributed by atoms with van der Waals surface area (Å²) in [5, 5.41) is 6.87. The fourth-order valence-electron chi connectivity index (χ4n) is 2.35. The second kappa shape index (κ2) is 4.86. The van der Waals surface area contributed by atoms with Crippen LogP contribution in [0.5, 0.6) is 0 Å². The number of rotatable bonds is 2. The molecule has 1 unspecified atom stereocenters. The lowest BCUT2D eigenvalue weighted by Crippen LogP contribution is -2.38. The summed E-state index contributed by atoms with van der Waals surface area (Å²) in [6.45, 7) is 1.95. The summed E-state index contributed by atoms with van der Waals surface area (Å²) in [5.74, 6) is -1.02. The second-order valence-electron chi connectivity index (χ2n) is 4.57. The van der Waals surface area contributed by atoms with Crippen molar-refractivity contribution in [3.63, 3.8) is 0 Å². The summed E-state index contributed by atoms with van der Waals surface area (Å²) in [7, 11) is 0. The number of amides is 1. The smallest absolute Gasteiger partial charge is 0.265 e. The van der Waals surface area contributed by atoms with E-state index in [0.29, 0.717) is 17.8 Å². The van der Waals surface area contributed by atoms with Gasteiger partial charge in [0.1, 0.15) is 11.7 Å². The fraction of sp³-hybridized carbons (Fsp3) is 0.214. The predicted molar refractivity (Wildman–Crippen MR) is 77.7 cm³/mol. The third-order valence-electron chi connectivity index (χ3n) is 3.40. The van der Waals surface area contributed by atoms with Gasteiger partial charge in [-0.1, -0.05) is 41.1 Å². The van der Waals surface area contributed by atoms with Crippen molar-refractivity contribution in [3.8, 4) is 0 Å². The number of anilines is 1. The standard InChI is InChI=1S/C14H12BrN3O2/c1-2-8-7-16-18-12(8)17-13(19)11(14(18)20)9-5-3-4-6-10(9)15/h3-7,11H,2H2,1H3,(H,17,19). The number of hydrogen-bond donors (Lipinski definition) is 1. The summed E-state index contributed by atoms with van der Waals surface area (Å²) >= 11 is 3.38. The average molecular weight is 334 g/mol. The number of benzene rings is 1. The Morgan fingerprint density at radius 3 is 2.80 bits per heavy atom. The maximum Gasteiger partial charge on any atom is 0.265 e. The number of carbonyl (C=O) groups is 2. The fourth-order valence-corrected chi connectivity index (χ4v) is 2.86. The van der Waals surface area contributed by atoms with Gasteiger partial charge in [-0.25, -0.2) is 0 Å². The number of aryl methyl sites for hydroxylation is 1. The van der Waals surface area contributed by atoms with E-state index in [2.05, 4.69) is 26.3 Å². The quantitative estimate of drug-likeness (QED) is 0.859. The van der Waals surface area contributed by atoms with Crippen LogP contribution < -0.4 is 5.32 Å². The highest BCUT2D eigenvalue weighted by molar-refractivity contribution is 9.10. The third kappa shape index (κ3) is 1.87. The number of halogens is 1. The van der Waals surface area contributed by atoms with Gasteiger partial charge in [0.05, 0.1) is 6.20 Å². The van der Waals surface area contributed by atoms with Crippen LogP contribution in [0.1, 0.15) is 28.8 Å². The molecular weight excluding hydrogens is 322 g/mol. The van der Waals surface area contributed by atoms with Crippen LogP contribution in [-0.2, 0) is 11.2 Å². The van der Waals surface area contributed by atoms with Crippen molar-refractivity contribution in [1.29, 1.82) is 0 Å². The maximum absolute atomic E-state index is 12.5. The van der Waals surface area contributed by atoms with Crippen LogP contribution in [0.3, 0.4) is 0 Å². The van der Waals surface area contributed by atoms with Gasteiger partial charge in [0, 0.05) is 10.0 Å². The highest BCUT2D eigenvalue weighted by Gasteiger charge is 2.38. The first kappa shape index (κ1) is 13.1. The number of nitrogens with one attached hydrogen (secondary N) is 1. The molecule has 0 fully saturated rings. The van der Waals surface area contributed by atoms with E-state index in [1.165, 1.54) is 4.68 Å². The van der Waals surface area contributed by atoms with Crippen LogP contribution in [0.25, 0.3) is 0 Å². The number of carbonyl (C=O) groups excluding carboxylic acids is 2. The van der Waals surface area contributed by atoms with Crippen LogP contribution in [0.4, 0.5) is 5.82 Å². The minimum atomic E-state index is -0.873. The van der Waals surface area contributed by atoms with Gasteiger partial charge in [0.2, 0.25) is 5.91 Å². The first-order valence-electron chi connectivity index (χ1n) is 6.30. The van der Waals surface area contributed by atoms with Crippen molar-refractivity contribution in [1.82, 2.24) is 9.78 Å². The Morgan fingerprint density at radius 2 is 2.10 bits per heavy atom. The topological polar surface area (TPSA) is 64.0 Å². The average Bonchev–Trinajstić information content (AvgIpc) is 2.84. The van der Waals surface area contributed by atoms with E-state index in [-0.39, 0.29) is 11.8 Å². The van der Waals surface area contributed by atoms with Gasteiger partial charge in [-0.05, 0) is 18.1 Å². The van der Waals surface area contributed by atoms with Crippen LogP contribution >= 0.6 is 15.9 Å². The molecule has 1 aromatic carbocycles. The Labute approximate surface area is 124 Å². The normalized spacial score (nSPS) is 17.8. The predicted octanol–water partition coefficient (Wildman–Crippen LogP) is 2.58. The van der Waals surface area contributed by atoms with Gasteiger partial charge in [-0.15, -0.1) is 0 Å². The molecule has 5 nitrogen and oxygen atoms in total. The van der Waals surface area contributed by atoms with Crippen molar-refractivity contribution in [2.45, 2.75) is 19.3 Å². The molecule has 2 heterocycles. The molecule has 20 heavy (non-hydrogen) atoms. The molecular formula is C14H12BrN3O2. The Kier molecular flexibility index (Phi) is 3.17. The van der Waals surface area contributed by atoms with E-state index in [9.17, 15) is 9.59 Å². The zero-order valence-electron chi connectivity index (χ0n) is 10.8. The SMILES string of the molecule is CCc1cnn2c1NC(=O)C(c1ccccc1Br)C2=O. The van der Waals surface area contributed by atoms with Gasteiger partial charge < -0.3 is 5.32 Å². The molecule has 0 spiro atoms. The lowest BCUT2D eigenvalue weighted by molar-refractivity contribution is -0.117. The lowest BCUT2D eigenvalue weighted by Gasteiger charge is -2.23. The van der Waals surface area contributed by atoms with Crippen molar-refractivity contribution >= 4 is 33.6 Å². The summed E-state index contributed by atoms with van der Waals surface area (Å²) in [6.07, 6.45) is 2.33. The van der Waals surface area contributed by atoms with Crippen LogP contribution in [0.15, 0.2) is 34.9 Å². The molecule has 0 aliphatic carbocycles. The number of hydrogen-bond acceptors (Lipinski definition) is 3. The van der Waals surface area contributed by atoms with Crippen molar-refractivity contribution in [2.75, 3.05) is 5.32 Å². The molecule has 6 heteroatoms. The van der Waals surface area contributed by atoms with E-state index >= 15 is 0 Å². The summed E-state index contributed by atoms with van der Waals surface area (Å²) in [5.41, 5.74) is 1.51. The third-order valence-corrected chi connectivity index (χ3v) is 4.12. The molecule has 1 aromatic heterocycles. The highest BCUT2D eigenvalue weighted by Crippen LogP contribution is 2.32. The summed E-state index contributed by atoms with van der Waals surface area (Å²) in [4.78, 5) is 24.8. The Bertz CT molecular complexity index is 708. The molecule has 1 aliphatic rings. The second-order valence-corrected chi connectivity index (χ2v) is 5.42. The van der Waals surface area contributed by atoms with Crippen molar-refractivity contribution in [2.24, 2.45) is 0 Å². The van der Waals surface area contributed by atoms with Crippen LogP contribution in [0.2, 0.25) is 0 Å². The molecule has 1 amide bonds. The van der Waals surface area contributed by atoms with E-state index in [1.807, 2.05) is 19.1 Å². The molecule has 1 atom stereocenters. The Balaban J connectivity index is 2.10. The first-order chi connectivity index (χ1) is 9.63. The molecule has 1 N–H and O–H groups in total. The maximum atomic E-state index is 12.5. The van der Waals surface area contributed by atoms with E-state index < -0.39 is 5.92 Å². The molecule has 2 aromatic rings. The van der Waals surface area contributed by atoms with Gasteiger partial charge in [0.15, 0.2) is 0 Å². The molecule has 0 radical (unpaired) electrons. The zero-order valence-corrected chi connectivity index (χ0v) is 12.3. The monoisotopic (exact) mass is 333 g/mol. The van der Waals surface area contributed by atoms with Gasteiger partial charge >= 0.3 is 0 Å². The number of nitrogens with zero attached hydrogens (tertiary/aromatic N) is 2. The van der Waals surface area contributed by atoms with Crippen LogP contribution in [-0.4, -0.2) is 21.6 Å². The molecule has 102 valence electrons. The van der Waals surface area contributed by atoms with Crippen molar-refractivity contribution < 1.29 is 9.59 Å². The van der Waals surface area contributed by atoms with Crippen LogP contribution in [0, 0.1) is 0 Å². The number of aromatic nitrogens is 2. The Morgan fingerprint density at radius 1 is 1.35 bits per heavy atom. The van der Waals surface area contributed by atoms with Gasteiger partial charge in [0.25, 0.3) is 5.91 Å². The molecule has 1 aliphatic heterocycles. The highest BCUT2D eigenvalue weighted by atomic mass is 79.9. The van der Waals surface area contributed by atoms with Gasteiger partial charge in [-0.2, -0.15) is 9.78 Å². The number of fused-ring (bicyclic) bond motifs is 1. The zero-order chi connectivity index (χ0) is 14.3. The van der Waals surface area contributed by atoms with Gasteiger partial charge in [-0.3, -0.25) is 9.59 Å². The molecule has 0 saturated carbocycles. The summed E-state index contributed by atoms with van der Waals surface area (Å²) in [6, 6.07) is 7.22. The van der Waals surface area contributed by atoms with E-state index in [4.69, 9.17) is 0 Å². The molecule has 0 bridgehead atoms. The first-order valence-corrected chi connectivity index (χ1v) is 7.09. The van der Waals surface area contributed by atoms with E-state index in [1.54, 1.807) is 18.3 Å². The lowest BCUT2D eigenvalue weighted by atomic mass is 9.96. The Hall–Kier alpha value is -1.95. The van der Waals surface area contributed by atoms with Crippen molar-refractivity contribution in [3.05, 3.63) is 46.1 Å². The molecule has 0 saturated heterocycles. The van der Waals surface area contributed by atoms with E-state index in [0.717, 1.165) is 10.0 Å². The minimum Gasteiger partial charge on any atom is -0.309 e. The molecule has 3 rings (SSSR count).